The van der Waals surface area contributed by atoms with Crippen LogP contribution < -0.4 is 10.5 Å². The molecule has 1 amide bonds. The van der Waals surface area contributed by atoms with Crippen molar-refractivity contribution in [3.63, 3.8) is 0 Å². The average Bonchev–Trinajstić information content (AvgIpc) is 2.98. The van der Waals surface area contributed by atoms with E-state index in [2.05, 4.69) is 19.4 Å². The van der Waals surface area contributed by atoms with Crippen LogP contribution in [-0.4, -0.2) is 45.5 Å². The summed E-state index contributed by atoms with van der Waals surface area (Å²) in [5.74, 6) is 0.935. The Hall–Kier alpha value is -3.19. The van der Waals surface area contributed by atoms with Gasteiger partial charge in [-0.25, -0.2) is 9.97 Å². The number of fused-ring (bicyclic) bond motifs is 1. The lowest BCUT2D eigenvalue weighted by atomic mass is 10.2. The van der Waals surface area contributed by atoms with Crippen LogP contribution in [0.5, 0.6) is 5.88 Å². The number of carbonyl (C=O) groups excluding carboxylic acids is 1. The van der Waals surface area contributed by atoms with Gasteiger partial charge < -0.3 is 15.0 Å². The van der Waals surface area contributed by atoms with Gasteiger partial charge in [-0.2, -0.15) is 0 Å². The number of carbonyl (C=O) groups is 1. The Kier molecular flexibility index (Phi) is 5.08. The third kappa shape index (κ3) is 3.61. The molecule has 0 spiro atoms. The molecule has 1 aromatic carbocycles. The number of nitrogens with two attached hydrogens (primary N) is 1. The van der Waals surface area contributed by atoms with Crippen LogP contribution in [0.4, 0.5) is 0 Å². The summed E-state index contributed by atoms with van der Waals surface area (Å²) in [6.45, 7) is 3.10. The van der Waals surface area contributed by atoms with Gasteiger partial charge in [-0.15, -0.1) is 0 Å². The second-order valence-electron chi connectivity index (χ2n) is 6.81. The number of aromatic nitrogens is 3. The minimum atomic E-state index is -0.478. The monoisotopic (exact) mass is 377 g/mol. The van der Waals surface area contributed by atoms with E-state index in [1.54, 1.807) is 7.11 Å². The van der Waals surface area contributed by atoms with Crippen molar-refractivity contribution in [3.8, 4) is 17.3 Å². The van der Waals surface area contributed by atoms with E-state index in [-0.39, 0.29) is 0 Å². The maximum Gasteiger partial charge on any atom is 0.269 e. The van der Waals surface area contributed by atoms with Gasteiger partial charge in [0.05, 0.1) is 18.5 Å². The molecule has 144 valence electrons. The van der Waals surface area contributed by atoms with Crippen LogP contribution >= 0.6 is 0 Å². The van der Waals surface area contributed by atoms with Crippen molar-refractivity contribution in [2.75, 3.05) is 20.2 Å². The Labute approximate surface area is 163 Å². The summed E-state index contributed by atoms with van der Waals surface area (Å²) in [5, 5.41) is 0. The molecule has 3 aromatic rings. The van der Waals surface area contributed by atoms with Crippen molar-refractivity contribution in [2.24, 2.45) is 5.73 Å². The number of hydrogen-bond donors (Lipinski definition) is 1. The van der Waals surface area contributed by atoms with Crippen LogP contribution in [0, 0.1) is 0 Å². The van der Waals surface area contributed by atoms with Crippen LogP contribution in [0.3, 0.4) is 0 Å². The van der Waals surface area contributed by atoms with Gasteiger partial charge in [0.25, 0.3) is 5.91 Å². The quantitative estimate of drug-likeness (QED) is 0.736. The van der Waals surface area contributed by atoms with Gasteiger partial charge in [-0.3, -0.25) is 9.69 Å². The minimum absolute atomic E-state index is 0.375. The number of nitrogens with zero attached hydrogens (tertiary/aromatic N) is 4. The smallest absolute Gasteiger partial charge is 0.269 e. The van der Waals surface area contributed by atoms with E-state index in [4.69, 9.17) is 10.5 Å². The SMILES string of the molecule is COc1cccc(CN2CCc3c(C(N)=O)nc(-c4ccccc4)n3CC2)n1. The Morgan fingerprint density at radius 3 is 2.64 bits per heavy atom. The van der Waals surface area contributed by atoms with E-state index in [1.807, 2.05) is 48.5 Å². The summed E-state index contributed by atoms with van der Waals surface area (Å²) >= 11 is 0. The summed E-state index contributed by atoms with van der Waals surface area (Å²) < 4.78 is 7.35. The first kappa shape index (κ1) is 18.2. The molecule has 0 fully saturated rings. The Bertz CT molecular complexity index is 984. The zero-order valence-corrected chi connectivity index (χ0v) is 15.8. The molecule has 1 aliphatic heterocycles. The molecular weight excluding hydrogens is 354 g/mol. The highest BCUT2D eigenvalue weighted by atomic mass is 16.5. The van der Waals surface area contributed by atoms with Crippen molar-refractivity contribution >= 4 is 5.91 Å². The van der Waals surface area contributed by atoms with Crippen LogP contribution in [0.1, 0.15) is 21.9 Å². The third-order valence-electron chi connectivity index (χ3n) is 5.02. The lowest BCUT2D eigenvalue weighted by molar-refractivity contribution is 0.0995. The Morgan fingerprint density at radius 2 is 1.89 bits per heavy atom. The molecule has 0 radical (unpaired) electrons. The molecule has 7 nitrogen and oxygen atoms in total. The lowest BCUT2D eigenvalue weighted by Gasteiger charge is -2.19. The number of primary amides is 1. The molecule has 0 saturated heterocycles. The first-order valence-corrected chi connectivity index (χ1v) is 9.32. The number of amides is 1. The second kappa shape index (κ2) is 7.82. The predicted molar refractivity (Wildman–Crippen MR) is 106 cm³/mol. The number of benzene rings is 1. The number of ether oxygens (including phenoxy) is 1. The summed E-state index contributed by atoms with van der Waals surface area (Å²) in [5.41, 5.74) is 8.85. The molecule has 2 N–H and O–H groups in total. The predicted octanol–water partition coefficient (Wildman–Crippen LogP) is 2.11. The van der Waals surface area contributed by atoms with Gasteiger partial charge in [-0.05, 0) is 6.07 Å². The number of pyridine rings is 1. The largest absolute Gasteiger partial charge is 0.481 e. The van der Waals surface area contributed by atoms with Gasteiger partial charge >= 0.3 is 0 Å². The van der Waals surface area contributed by atoms with E-state index in [0.29, 0.717) is 18.0 Å². The number of hydrogen-bond acceptors (Lipinski definition) is 5. The molecule has 28 heavy (non-hydrogen) atoms. The van der Waals surface area contributed by atoms with E-state index >= 15 is 0 Å². The molecule has 0 bridgehead atoms. The van der Waals surface area contributed by atoms with Crippen molar-refractivity contribution < 1.29 is 9.53 Å². The highest BCUT2D eigenvalue weighted by Gasteiger charge is 2.25. The molecule has 2 aromatic heterocycles. The van der Waals surface area contributed by atoms with Gasteiger partial charge in [0.2, 0.25) is 5.88 Å². The highest BCUT2D eigenvalue weighted by Crippen LogP contribution is 2.25. The highest BCUT2D eigenvalue weighted by molar-refractivity contribution is 5.93. The number of imidazole rings is 1. The number of methoxy groups -OCH3 is 1. The standard InChI is InChI=1S/C21H23N5O2/c1-28-18-9-5-8-16(23-18)14-25-11-10-17-19(20(22)27)24-21(26(17)13-12-25)15-6-3-2-4-7-15/h2-9H,10-14H2,1H3,(H2,22,27). The van der Waals surface area contributed by atoms with E-state index in [0.717, 1.165) is 49.0 Å². The van der Waals surface area contributed by atoms with Gasteiger partial charge in [0.15, 0.2) is 0 Å². The van der Waals surface area contributed by atoms with Gasteiger partial charge in [-0.1, -0.05) is 36.4 Å². The fraction of sp³-hybridized carbons (Fsp3) is 0.286. The van der Waals surface area contributed by atoms with E-state index in [9.17, 15) is 4.79 Å². The fourth-order valence-electron chi connectivity index (χ4n) is 3.65. The maximum atomic E-state index is 12.0. The molecule has 7 heteroatoms. The topological polar surface area (TPSA) is 86.3 Å². The Morgan fingerprint density at radius 1 is 1.07 bits per heavy atom. The summed E-state index contributed by atoms with van der Waals surface area (Å²) in [6.07, 6.45) is 0.710. The second-order valence-corrected chi connectivity index (χ2v) is 6.81. The van der Waals surface area contributed by atoms with Gasteiger partial charge in [0, 0.05) is 44.2 Å². The first-order chi connectivity index (χ1) is 13.7. The molecule has 3 heterocycles. The zero-order valence-electron chi connectivity index (χ0n) is 15.8. The lowest BCUT2D eigenvalue weighted by Crippen LogP contribution is -2.27. The number of rotatable bonds is 5. The fourth-order valence-corrected chi connectivity index (χ4v) is 3.65. The van der Waals surface area contributed by atoms with Crippen molar-refractivity contribution in [1.82, 2.24) is 19.4 Å². The van der Waals surface area contributed by atoms with Crippen molar-refractivity contribution in [2.45, 2.75) is 19.5 Å². The molecule has 0 aliphatic carbocycles. The van der Waals surface area contributed by atoms with Crippen LogP contribution in [0.2, 0.25) is 0 Å². The van der Waals surface area contributed by atoms with Crippen molar-refractivity contribution in [3.05, 3.63) is 65.6 Å². The van der Waals surface area contributed by atoms with Crippen molar-refractivity contribution in [1.29, 1.82) is 0 Å². The molecule has 1 aliphatic rings. The van der Waals surface area contributed by atoms with Gasteiger partial charge in [0.1, 0.15) is 11.5 Å². The Balaban J connectivity index is 1.60. The van der Waals surface area contributed by atoms with Crippen LogP contribution in [0.25, 0.3) is 11.4 Å². The zero-order chi connectivity index (χ0) is 19.5. The van der Waals surface area contributed by atoms with E-state index < -0.39 is 5.91 Å². The van der Waals surface area contributed by atoms with Crippen LogP contribution in [-0.2, 0) is 19.5 Å². The molecule has 0 unspecified atom stereocenters. The summed E-state index contributed by atoms with van der Waals surface area (Å²) in [6, 6.07) is 15.7. The maximum absolute atomic E-state index is 12.0. The molecule has 4 rings (SSSR count). The molecule has 0 saturated carbocycles. The average molecular weight is 377 g/mol. The molecule has 0 atom stereocenters. The minimum Gasteiger partial charge on any atom is -0.481 e. The van der Waals surface area contributed by atoms with Crippen LogP contribution in [0.15, 0.2) is 48.5 Å². The first-order valence-electron chi connectivity index (χ1n) is 9.32. The normalized spacial score (nSPS) is 14.3. The van der Waals surface area contributed by atoms with E-state index in [1.165, 1.54) is 0 Å². The third-order valence-corrected chi connectivity index (χ3v) is 5.02. The summed E-state index contributed by atoms with van der Waals surface area (Å²) in [4.78, 5) is 23.4. The molecular formula is C21H23N5O2. The summed E-state index contributed by atoms with van der Waals surface area (Å²) in [7, 11) is 1.62.